The molecule has 4 nitrogen and oxygen atoms in total. The molecule has 1 aromatic heterocycles. The number of aromatic nitrogens is 1. The molecule has 0 amide bonds. The highest BCUT2D eigenvalue weighted by atomic mass is 16.5. The molecule has 80 valence electrons. The zero-order valence-electron chi connectivity index (χ0n) is 8.86. The van der Waals surface area contributed by atoms with Crippen LogP contribution in [0.1, 0.15) is 19.8 Å². The summed E-state index contributed by atoms with van der Waals surface area (Å²) in [6.45, 7) is 3.49. The first kappa shape index (κ1) is 9.96. The zero-order valence-corrected chi connectivity index (χ0v) is 8.86. The first-order chi connectivity index (χ1) is 7.31. The van der Waals surface area contributed by atoms with Crippen molar-refractivity contribution in [2.75, 3.05) is 18.1 Å². The molecule has 1 saturated heterocycles. The van der Waals surface area contributed by atoms with Gasteiger partial charge in [0.15, 0.2) is 0 Å². The van der Waals surface area contributed by atoms with Crippen molar-refractivity contribution < 1.29 is 4.74 Å². The van der Waals surface area contributed by atoms with Gasteiger partial charge in [0.2, 0.25) is 5.88 Å². The molecule has 2 rings (SSSR count). The highest BCUT2D eigenvalue weighted by Crippen LogP contribution is 2.21. The Hall–Kier alpha value is -1.58. The molecule has 4 heteroatoms. The van der Waals surface area contributed by atoms with E-state index in [0.717, 1.165) is 25.1 Å². The van der Waals surface area contributed by atoms with E-state index in [2.05, 4.69) is 4.98 Å². The maximum Gasteiger partial charge on any atom is 0.213 e. The number of anilines is 1. The number of hydrogen-bond acceptors (Lipinski definition) is 3. The van der Waals surface area contributed by atoms with Crippen molar-refractivity contribution in [2.45, 2.75) is 19.8 Å². The lowest BCUT2D eigenvalue weighted by molar-refractivity contribution is 0.327. The molecule has 1 aliphatic heterocycles. The Kier molecular flexibility index (Phi) is 2.85. The molecule has 1 fully saturated rings. The number of hydrogen-bond donors (Lipinski definition) is 1. The van der Waals surface area contributed by atoms with Crippen molar-refractivity contribution >= 4 is 11.5 Å². The minimum Gasteiger partial charge on any atom is -0.478 e. The van der Waals surface area contributed by atoms with Crippen LogP contribution in [0.25, 0.3) is 0 Å². The second-order valence-corrected chi connectivity index (χ2v) is 3.49. The number of amidine groups is 1. The fraction of sp³-hybridized carbons (Fsp3) is 0.455. The normalized spacial score (nSPS) is 15.8. The Morgan fingerprint density at radius 1 is 1.53 bits per heavy atom. The van der Waals surface area contributed by atoms with Crippen LogP contribution in [0.2, 0.25) is 0 Å². The van der Waals surface area contributed by atoms with Gasteiger partial charge in [-0.3, -0.25) is 5.41 Å². The predicted octanol–water partition coefficient (Wildman–Crippen LogP) is 2.06. The van der Waals surface area contributed by atoms with Gasteiger partial charge in [0.1, 0.15) is 5.84 Å². The summed E-state index contributed by atoms with van der Waals surface area (Å²) in [4.78, 5) is 6.18. The third-order valence-corrected chi connectivity index (χ3v) is 2.45. The quantitative estimate of drug-likeness (QED) is 0.821. The molecule has 1 aromatic rings. The standard InChI is InChI=1S/C11H15N3O/c1-2-15-11-6-5-9(8-13-11)14-7-3-4-10(14)12/h5-6,8,12H,2-4,7H2,1H3. The lowest BCUT2D eigenvalue weighted by Crippen LogP contribution is -2.23. The van der Waals surface area contributed by atoms with Crippen LogP contribution < -0.4 is 9.64 Å². The van der Waals surface area contributed by atoms with Crippen LogP contribution in [-0.4, -0.2) is 24.0 Å². The van der Waals surface area contributed by atoms with Crippen LogP contribution in [-0.2, 0) is 0 Å². The summed E-state index contributed by atoms with van der Waals surface area (Å²) >= 11 is 0. The molecule has 0 aliphatic carbocycles. The Morgan fingerprint density at radius 2 is 2.40 bits per heavy atom. The van der Waals surface area contributed by atoms with Gasteiger partial charge < -0.3 is 9.64 Å². The van der Waals surface area contributed by atoms with Crippen molar-refractivity contribution in [3.63, 3.8) is 0 Å². The smallest absolute Gasteiger partial charge is 0.213 e. The molecule has 15 heavy (non-hydrogen) atoms. The van der Waals surface area contributed by atoms with Crippen molar-refractivity contribution in [1.82, 2.24) is 4.98 Å². The number of ether oxygens (including phenoxy) is 1. The van der Waals surface area contributed by atoms with Gasteiger partial charge in [-0.25, -0.2) is 4.98 Å². The van der Waals surface area contributed by atoms with Crippen molar-refractivity contribution in [2.24, 2.45) is 0 Å². The number of nitrogens with zero attached hydrogens (tertiary/aromatic N) is 2. The molecule has 0 aromatic carbocycles. The maximum absolute atomic E-state index is 7.74. The number of rotatable bonds is 3. The molecular weight excluding hydrogens is 190 g/mol. The molecule has 1 aliphatic rings. The van der Waals surface area contributed by atoms with E-state index in [1.54, 1.807) is 6.20 Å². The van der Waals surface area contributed by atoms with E-state index in [9.17, 15) is 0 Å². The van der Waals surface area contributed by atoms with Gasteiger partial charge in [0, 0.05) is 19.0 Å². The summed E-state index contributed by atoms with van der Waals surface area (Å²) < 4.78 is 5.27. The largest absolute Gasteiger partial charge is 0.478 e. The van der Waals surface area contributed by atoms with E-state index in [1.165, 1.54) is 0 Å². The lowest BCUT2D eigenvalue weighted by atomic mass is 10.3. The Bertz CT molecular complexity index is 347. The predicted molar refractivity (Wildman–Crippen MR) is 59.7 cm³/mol. The summed E-state index contributed by atoms with van der Waals surface area (Å²) in [6, 6.07) is 3.81. The van der Waals surface area contributed by atoms with Gasteiger partial charge in [-0.2, -0.15) is 0 Å². The summed E-state index contributed by atoms with van der Waals surface area (Å²) in [5.74, 6) is 1.33. The third kappa shape index (κ3) is 2.09. The summed E-state index contributed by atoms with van der Waals surface area (Å²) in [5.41, 5.74) is 0.987. The lowest BCUT2D eigenvalue weighted by Gasteiger charge is -2.17. The molecule has 0 bridgehead atoms. The molecule has 0 saturated carbocycles. The zero-order chi connectivity index (χ0) is 10.7. The van der Waals surface area contributed by atoms with E-state index in [4.69, 9.17) is 10.1 Å². The topological polar surface area (TPSA) is 49.2 Å². The fourth-order valence-corrected chi connectivity index (χ4v) is 1.72. The van der Waals surface area contributed by atoms with Gasteiger partial charge in [0.05, 0.1) is 18.5 Å². The monoisotopic (exact) mass is 205 g/mol. The van der Waals surface area contributed by atoms with E-state index in [1.807, 2.05) is 24.0 Å². The number of pyridine rings is 1. The van der Waals surface area contributed by atoms with Crippen LogP contribution in [0.3, 0.4) is 0 Å². The van der Waals surface area contributed by atoms with Crippen molar-refractivity contribution in [3.8, 4) is 5.88 Å². The summed E-state index contributed by atoms with van der Waals surface area (Å²) in [7, 11) is 0. The van der Waals surface area contributed by atoms with Crippen molar-refractivity contribution in [1.29, 1.82) is 5.41 Å². The van der Waals surface area contributed by atoms with E-state index in [0.29, 0.717) is 18.3 Å². The average molecular weight is 205 g/mol. The molecule has 1 N–H and O–H groups in total. The molecule has 0 radical (unpaired) electrons. The van der Waals surface area contributed by atoms with Gasteiger partial charge in [-0.05, 0) is 19.4 Å². The van der Waals surface area contributed by atoms with Crippen LogP contribution in [0.15, 0.2) is 18.3 Å². The highest BCUT2D eigenvalue weighted by Gasteiger charge is 2.18. The van der Waals surface area contributed by atoms with Gasteiger partial charge in [-0.15, -0.1) is 0 Å². The highest BCUT2D eigenvalue weighted by molar-refractivity contribution is 5.97. The van der Waals surface area contributed by atoms with Crippen LogP contribution >= 0.6 is 0 Å². The van der Waals surface area contributed by atoms with Crippen LogP contribution in [0.5, 0.6) is 5.88 Å². The van der Waals surface area contributed by atoms with Gasteiger partial charge in [0.25, 0.3) is 0 Å². The van der Waals surface area contributed by atoms with Crippen molar-refractivity contribution in [3.05, 3.63) is 18.3 Å². The van der Waals surface area contributed by atoms with Crippen LogP contribution in [0, 0.1) is 5.41 Å². The van der Waals surface area contributed by atoms with E-state index >= 15 is 0 Å². The van der Waals surface area contributed by atoms with E-state index < -0.39 is 0 Å². The van der Waals surface area contributed by atoms with Gasteiger partial charge >= 0.3 is 0 Å². The average Bonchev–Trinajstić information content (AvgIpc) is 2.66. The maximum atomic E-state index is 7.74. The number of nitrogens with one attached hydrogen (secondary N) is 1. The molecule has 0 unspecified atom stereocenters. The minimum absolute atomic E-state index is 0.631. The SMILES string of the molecule is CCOc1ccc(N2CCCC2=N)cn1. The Morgan fingerprint density at radius 3 is 2.93 bits per heavy atom. The second kappa shape index (κ2) is 4.29. The van der Waals surface area contributed by atoms with Gasteiger partial charge in [-0.1, -0.05) is 0 Å². The summed E-state index contributed by atoms with van der Waals surface area (Å²) in [5, 5.41) is 7.74. The van der Waals surface area contributed by atoms with E-state index in [-0.39, 0.29) is 0 Å². The molecule has 0 atom stereocenters. The Balaban J connectivity index is 2.12. The summed E-state index contributed by atoms with van der Waals surface area (Å²) in [6.07, 6.45) is 3.70. The molecule has 0 spiro atoms. The fourth-order valence-electron chi connectivity index (χ4n) is 1.72. The molecular formula is C11H15N3O. The Labute approximate surface area is 89.4 Å². The second-order valence-electron chi connectivity index (χ2n) is 3.49. The molecule has 2 heterocycles. The first-order valence-corrected chi connectivity index (χ1v) is 5.25. The first-order valence-electron chi connectivity index (χ1n) is 5.25. The van der Waals surface area contributed by atoms with Crippen LogP contribution in [0.4, 0.5) is 5.69 Å². The minimum atomic E-state index is 0.631. The third-order valence-electron chi connectivity index (χ3n) is 2.45.